The summed E-state index contributed by atoms with van der Waals surface area (Å²) < 4.78 is 14.8. The number of pyridine rings is 1. The second-order valence-electron chi connectivity index (χ2n) is 9.52. The van der Waals surface area contributed by atoms with Crippen LogP contribution in [0.25, 0.3) is 10.8 Å². The molecule has 0 aliphatic carbocycles. The highest BCUT2D eigenvalue weighted by Gasteiger charge is 2.29. The van der Waals surface area contributed by atoms with Crippen LogP contribution in [0.4, 0.5) is 10.2 Å². The highest BCUT2D eigenvalue weighted by molar-refractivity contribution is 5.98. The van der Waals surface area contributed by atoms with Crippen LogP contribution in [-0.4, -0.2) is 70.0 Å². The molecule has 9 nitrogen and oxygen atoms in total. The molecule has 2 N–H and O–H groups in total. The van der Waals surface area contributed by atoms with E-state index in [0.29, 0.717) is 59.3 Å². The second-order valence-corrected chi connectivity index (χ2v) is 9.52. The second kappa shape index (κ2) is 10.4. The van der Waals surface area contributed by atoms with E-state index < -0.39 is 11.7 Å². The number of H-pyrrole nitrogens is 1. The monoisotopic (exact) mass is 514 g/mol. The highest BCUT2D eigenvalue weighted by Crippen LogP contribution is 2.23. The Morgan fingerprint density at radius 2 is 1.89 bits per heavy atom. The number of hydrogen-bond acceptors (Lipinski definition) is 6. The Morgan fingerprint density at radius 3 is 2.68 bits per heavy atom. The van der Waals surface area contributed by atoms with Gasteiger partial charge >= 0.3 is 0 Å². The number of nitrogens with zero attached hydrogens (tertiary/aromatic N) is 4. The highest BCUT2D eigenvalue weighted by atomic mass is 19.1. The number of carbonyl (C=O) groups is 2. The molecule has 1 aliphatic heterocycles. The van der Waals surface area contributed by atoms with Gasteiger partial charge in [0, 0.05) is 51.2 Å². The lowest BCUT2D eigenvalue weighted by Crippen LogP contribution is -2.33. The molecule has 5 rings (SSSR count). The number of nitrogens with one attached hydrogen (secondary N) is 2. The lowest BCUT2D eigenvalue weighted by atomic mass is 10.0. The van der Waals surface area contributed by atoms with Gasteiger partial charge < -0.3 is 15.1 Å². The number of aromatic nitrogens is 3. The summed E-state index contributed by atoms with van der Waals surface area (Å²) >= 11 is 0. The summed E-state index contributed by atoms with van der Waals surface area (Å²) in [6.07, 6.45) is 2.56. The van der Waals surface area contributed by atoms with Gasteiger partial charge in [0.25, 0.3) is 17.4 Å². The Labute approximate surface area is 218 Å². The minimum Gasteiger partial charge on any atom is -0.365 e. The van der Waals surface area contributed by atoms with Gasteiger partial charge in [-0.1, -0.05) is 24.3 Å². The maximum absolute atomic E-state index is 14.8. The smallest absolute Gasteiger partial charge is 0.272 e. The first kappa shape index (κ1) is 25.1. The number of fused-ring (bicyclic) bond motifs is 1. The molecule has 3 heterocycles. The van der Waals surface area contributed by atoms with Gasteiger partial charge in [-0.3, -0.25) is 14.4 Å². The van der Waals surface area contributed by atoms with Crippen LogP contribution in [0.1, 0.15) is 38.4 Å². The molecule has 38 heavy (non-hydrogen) atoms. The van der Waals surface area contributed by atoms with Gasteiger partial charge in [-0.25, -0.2) is 14.5 Å². The first-order chi connectivity index (χ1) is 18.3. The van der Waals surface area contributed by atoms with Crippen molar-refractivity contribution in [3.05, 3.63) is 99.3 Å². The van der Waals surface area contributed by atoms with Crippen LogP contribution < -0.4 is 10.9 Å². The predicted octanol–water partition coefficient (Wildman–Crippen LogP) is 3.08. The van der Waals surface area contributed by atoms with E-state index in [1.807, 2.05) is 12.1 Å². The molecule has 1 aliphatic rings. The fourth-order valence-corrected chi connectivity index (χ4v) is 4.71. The summed E-state index contributed by atoms with van der Waals surface area (Å²) in [7, 11) is 3.35. The summed E-state index contributed by atoms with van der Waals surface area (Å²) in [6, 6.07) is 14.9. The maximum Gasteiger partial charge on any atom is 0.272 e. The third-order valence-corrected chi connectivity index (χ3v) is 6.67. The van der Waals surface area contributed by atoms with Gasteiger partial charge in [-0.05, 0) is 42.3 Å². The van der Waals surface area contributed by atoms with Crippen molar-refractivity contribution in [2.45, 2.75) is 18.9 Å². The minimum absolute atomic E-state index is 0.0156. The molecule has 1 fully saturated rings. The molecule has 0 spiro atoms. The molecule has 0 saturated carbocycles. The molecule has 1 unspecified atom stereocenters. The normalized spacial score (nSPS) is 15.0. The first-order valence-electron chi connectivity index (χ1n) is 12.3. The summed E-state index contributed by atoms with van der Waals surface area (Å²) in [5, 5.41) is 11.2. The van der Waals surface area contributed by atoms with Gasteiger partial charge in [-0.15, -0.1) is 0 Å². The largest absolute Gasteiger partial charge is 0.365 e. The number of aromatic amines is 1. The van der Waals surface area contributed by atoms with Crippen LogP contribution in [0.2, 0.25) is 0 Å². The van der Waals surface area contributed by atoms with Crippen molar-refractivity contribution in [3.8, 4) is 0 Å². The molecule has 10 heteroatoms. The van der Waals surface area contributed by atoms with Crippen LogP contribution in [0, 0.1) is 5.82 Å². The predicted molar refractivity (Wildman–Crippen MR) is 142 cm³/mol. The van der Waals surface area contributed by atoms with E-state index in [-0.39, 0.29) is 23.1 Å². The summed E-state index contributed by atoms with van der Waals surface area (Å²) in [5.41, 5.74) is 1.49. The molecule has 194 valence electrons. The first-order valence-corrected chi connectivity index (χ1v) is 12.3. The molecular formula is C28H27FN6O3. The van der Waals surface area contributed by atoms with Crippen LogP contribution >= 0.6 is 0 Å². The van der Waals surface area contributed by atoms with Crippen molar-refractivity contribution in [3.63, 3.8) is 0 Å². The number of likely N-dealkylation sites (tertiary alicyclic amines) is 1. The van der Waals surface area contributed by atoms with Crippen molar-refractivity contribution < 1.29 is 14.0 Å². The van der Waals surface area contributed by atoms with Crippen LogP contribution in [0.5, 0.6) is 0 Å². The van der Waals surface area contributed by atoms with E-state index in [1.54, 1.807) is 61.6 Å². The quantitative estimate of drug-likeness (QED) is 0.409. The fourth-order valence-electron chi connectivity index (χ4n) is 4.71. The van der Waals surface area contributed by atoms with Crippen molar-refractivity contribution in [2.24, 2.45) is 0 Å². The van der Waals surface area contributed by atoms with Crippen LogP contribution in [-0.2, 0) is 6.42 Å². The lowest BCUT2D eigenvalue weighted by Gasteiger charge is -2.20. The molecule has 0 radical (unpaired) electrons. The SMILES string of the molecule is CN(C)C(=O)c1cccnc1NC1CCN(C(=O)c2cc(Cc3n[nH]c(=O)c4ccccc34)ccc2F)C1. The Hall–Kier alpha value is -4.60. The van der Waals surface area contributed by atoms with Gasteiger partial charge in [-0.2, -0.15) is 5.10 Å². The Bertz CT molecular complexity index is 1580. The van der Waals surface area contributed by atoms with E-state index in [0.717, 1.165) is 0 Å². The molecule has 4 aromatic rings. The Morgan fingerprint density at radius 1 is 1.11 bits per heavy atom. The number of benzene rings is 2. The summed E-state index contributed by atoms with van der Waals surface area (Å²) in [4.78, 5) is 45.3. The topological polar surface area (TPSA) is 111 Å². The number of hydrogen-bond donors (Lipinski definition) is 2. The van der Waals surface area contributed by atoms with Gasteiger partial charge in [0.2, 0.25) is 0 Å². The number of amides is 2. The zero-order valence-electron chi connectivity index (χ0n) is 21.1. The van der Waals surface area contributed by atoms with Crippen molar-refractivity contribution in [1.82, 2.24) is 25.0 Å². The minimum atomic E-state index is -0.599. The van der Waals surface area contributed by atoms with Crippen molar-refractivity contribution in [2.75, 3.05) is 32.5 Å². The number of halogens is 1. The van der Waals surface area contributed by atoms with Crippen LogP contribution in [0.3, 0.4) is 0 Å². The molecule has 2 aromatic carbocycles. The van der Waals surface area contributed by atoms with Crippen molar-refractivity contribution in [1.29, 1.82) is 0 Å². The summed E-state index contributed by atoms with van der Waals surface area (Å²) in [5.74, 6) is -0.717. The molecule has 2 aromatic heterocycles. The molecular weight excluding hydrogens is 487 g/mol. The van der Waals surface area contributed by atoms with E-state index in [2.05, 4.69) is 20.5 Å². The van der Waals surface area contributed by atoms with Gasteiger partial charge in [0.05, 0.1) is 22.2 Å². The maximum atomic E-state index is 14.8. The average Bonchev–Trinajstić information content (AvgIpc) is 3.39. The molecule has 0 bridgehead atoms. The zero-order valence-corrected chi connectivity index (χ0v) is 21.1. The fraction of sp³-hybridized carbons (Fsp3) is 0.250. The summed E-state index contributed by atoms with van der Waals surface area (Å²) in [6.45, 7) is 0.789. The molecule has 2 amide bonds. The Kier molecular flexibility index (Phi) is 6.87. The van der Waals surface area contributed by atoms with E-state index in [9.17, 15) is 18.8 Å². The number of carbonyl (C=O) groups excluding carboxylic acids is 2. The molecule has 1 atom stereocenters. The number of rotatable bonds is 6. The van der Waals surface area contributed by atoms with E-state index >= 15 is 0 Å². The Balaban J connectivity index is 1.32. The van der Waals surface area contributed by atoms with E-state index in [1.165, 1.54) is 11.0 Å². The number of anilines is 1. The standard InChI is InChI=1S/C28H27FN6O3/c1-34(2)27(37)21-8-5-12-30-25(21)31-18-11-13-35(16-18)28(38)22-14-17(9-10-23(22)29)15-24-19-6-3-4-7-20(19)26(36)33-32-24/h3-10,12,14,18H,11,13,15-16H2,1-2H3,(H,30,31)(H,33,36). The van der Waals surface area contributed by atoms with Gasteiger partial charge in [0.15, 0.2) is 0 Å². The van der Waals surface area contributed by atoms with Crippen molar-refractivity contribution >= 4 is 28.4 Å². The van der Waals surface area contributed by atoms with Crippen LogP contribution in [0.15, 0.2) is 65.6 Å². The zero-order chi connectivity index (χ0) is 26.8. The average molecular weight is 515 g/mol. The molecule has 1 saturated heterocycles. The lowest BCUT2D eigenvalue weighted by molar-refractivity contribution is 0.0785. The van der Waals surface area contributed by atoms with Gasteiger partial charge in [0.1, 0.15) is 11.6 Å². The third-order valence-electron chi connectivity index (χ3n) is 6.67. The third kappa shape index (κ3) is 4.97. The van der Waals surface area contributed by atoms with E-state index in [4.69, 9.17) is 0 Å².